The Labute approximate surface area is 137 Å². The Kier molecular flexibility index (Phi) is 6.18. The van der Waals surface area contributed by atoms with Crippen LogP contribution in [0.5, 0.6) is 0 Å². The molecule has 1 aromatic carbocycles. The third-order valence-corrected chi connectivity index (χ3v) is 4.08. The van der Waals surface area contributed by atoms with Gasteiger partial charge in [-0.3, -0.25) is 4.52 Å². The highest BCUT2D eigenvalue weighted by Gasteiger charge is 2.21. The highest BCUT2D eigenvalue weighted by atomic mass is 31.2. The van der Waals surface area contributed by atoms with Crippen molar-refractivity contribution in [1.82, 2.24) is 15.1 Å². The van der Waals surface area contributed by atoms with Gasteiger partial charge in [-0.2, -0.15) is 0 Å². The molecule has 0 saturated carbocycles. The average molecular weight is 356 g/mol. The first-order chi connectivity index (χ1) is 11.4. The van der Waals surface area contributed by atoms with Crippen LogP contribution in [0.15, 0.2) is 36.5 Å². The standard InChI is InChI=1S/C13H17N4O6P/c1-10(12-8-14-13(16-12)17(18)19)22-9-23-24(20,21)15-7-11-5-3-2-4-6-11/h2-6,8,10H,7,9H2,1H3,(H,14,16)(H2,15,20,21). The molecule has 0 amide bonds. The van der Waals surface area contributed by atoms with Crippen LogP contribution in [-0.2, 0) is 20.4 Å². The van der Waals surface area contributed by atoms with E-state index in [1.807, 2.05) is 18.2 Å². The molecule has 24 heavy (non-hydrogen) atoms. The number of hydrogen-bond donors (Lipinski definition) is 3. The zero-order chi connectivity index (χ0) is 17.6. The van der Waals surface area contributed by atoms with Crippen LogP contribution in [0, 0.1) is 10.1 Å². The number of benzene rings is 1. The fourth-order valence-electron chi connectivity index (χ4n) is 1.75. The quantitative estimate of drug-likeness (QED) is 0.269. The smallest absolute Gasteiger partial charge is 0.390 e. The van der Waals surface area contributed by atoms with Crippen molar-refractivity contribution in [2.75, 3.05) is 6.79 Å². The van der Waals surface area contributed by atoms with Crippen LogP contribution in [0.3, 0.4) is 0 Å². The largest absolute Gasteiger partial charge is 0.432 e. The summed E-state index contributed by atoms with van der Waals surface area (Å²) in [6.07, 6.45) is 0.634. The lowest BCUT2D eigenvalue weighted by Crippen LogP contribution is -2.14. The first-order valence-corrected chi connectivity index (χ1v) is 8.52. The Morgan fingerprint density at radius 2 is 2.17 bits per heavy atom. The first-order valence-electron chi connectivity index (χ1n) is 6.94. The van der Waals surface area contributed by atoms with Gasteiger partial charge in [-0.1, -0.05) is 35.3 Å². The molecule has 0 fully saturated rings. The highest BCUT2D eigenvalue weighted by Crippen LogP contribution is 2.37. The molecular formula is C13H17N4O6P. The fourth-order valence-corrected chi connectivity index (χ4v) is 2.43. The molecule has 2 unspecified atom stereocenters. The topological polar surface area (TPSA) is 140 Å². The second kappa shape index (κ2) is 8.13. The maximum Gasteiger partial charge on any atom is 0.432 e. The molecule has 0 aliphatic rings. The van der Waals surface area contributed by atoms with Crippen LogP contribution < -0.4 is 5.09 Å². The Hall–Kier alpha value is -2.10. The number of nitrogens with zero attached hydrogens (tertiary/aromatic N) is 2. The lowest BCUT2D eigenvalue weighted by molar-refractivity contribution is -0.393. The van der Waals surface area contributed by atoms with E-state index in [9.17, 15) is 19.6 Å². The van der Waals surface area contributed by atoms with E-state index in [1.165, 1.54) is 6.20 Å². The number of nitro groups is 1. The average Bonchev–Trinajstić information content (AvgIpc) is 3.04. The molecule has 11 heteroatoms. The predicted octanol–water partition coefficient (Wildman–Crippen LogP) is 2.26. The number of nitrogens with one attached hydrogen (secondary N) is 2. The molecule has 2 atom stereocenters. The zero-order valence-corrected chi connectivity index (χ0v) is 13.7. The number of rotatable bonds is 9. The number of aromatic nitrogens is 2. The first kappa shape index (κ1) is 18.2. The summed E-state index contributed by atoms with van der Waals surface area (Å²) in [7, 11) is -4.03. The summed E-state index contributed by atoms with van der Waals surface area (Å²) in [5, 5.41) is 12.9. The number of imidazole rings is 1. The van der Waals surface area contributed by atoms with Gasteiger partial charge >= 0.3 is 13.7 Å². The number of aromatic amines is 1. The maximum atomic E-state index is 11.8. The van der Waals surface area contributed by atoms with Crippen molar-refractivity contribution in [3.05, 3.63) is 57.9 Å². The van der Waals surface area contributed by atoms with Crippen LogP contribution >= 0.6 is 7.75 Å². The van der Waals surface area contributed by atoms with E-state index in [0.717, 1.165) is 5.56 Å². The third-order valence-electron chi connectivity index (χ3n) is 3.06. The molecule has 3 N–H and O–H groups in total. The van der Waals surface area contributed by atoms with E-state index >= 15 is 0 Å². The fraction of sp³-hybridized carbons (Fsp3) is 0.308. The summed E-state index contributed by atoms with van der Waals surface area (Å²) in [5.74, 6) is -0.404. The summed E-state index contributed by atoms with van der Waals surface area (Å²) in [4.78, 5) is 25.6. The molecule has 0 aliphatic carbocycles. The van der Waals surface area contributed by atoms with Crippen molar-refractivity contribution in [2.45, 2.75) is 19.6 Å². The van der Waals surface area contributed by atoms with Crippen LogP contribution in [0.25, 0.3) is 0 Å². The van der Waals surface area contributed by atoms with E-state index < -0.39 is 31.5 Å². The summed E-state index contributed by atoms with van der Waals surface area (Å²) in [5.41, 5.74) is 1.18. The van der Waals surface area contributed by atoms with Crippen LogP contribution in [0.1, 0.15) is 24.3 Å². The van der Waals surface area contributed by atoms with Crippen molar-refractivity contribution < 1.29 is 23.6 Å². The van der Waals surface area contributed by atoms with Gasteiger partial charge in [-0.05, 0) is 17.4 Å². The lowest BCUT2D eigenvalue weighted by Gasteiger charge is -2.15. The molecule has 0 radical (unpaired) electrons. The van der Waals surface area contributed by atoms with E-state index in [4.69, 9.17) is 9.26 Å². The Bertz CT molecular complexity index is 722. The van der Waals surface area contributed by atoms with Crippen molar-refractivity contribution in [3.8, 4) is 0 Å². The van der Waals surface area contributed by atoms with Crippen LogP contribution in [0.2, 0.25) is 0 Å². The summed E-state index contributed by atoms with van der Waals surface area (Å²) < 4.78 is 21.9. The van der Waals surface area contributed by atoms with Crippen LogP contribution in [-0.4, -0.2) is 26.6 Å². The molecular weight excluding hydrogens is 339 g/mol. The molecule has 0 aliphatic heterocycles. The normalized spacial score (nSPS) is 14.9. The van der Waals surface area contributed by atoms with Crippen molar-refractivity contribution in [2.24, 2.45) is 0 Å². The summed E-state index contributed by atoms with van der Waals surface area (Å²) in [6, 6.07) is 9.07. The van der Waals surface area contributed by atoms with Crippen molar-refractivity contribution >= 4 is 13.7 Å². The van der Waals surface area contributed by atoms with E-state index in [2.05, 4.69) is 15.1 Å². The van der Waals surface area contributed by atoms with Gasteiger partial charge < -0.3 is 19.7 Å². The molecule has 1 heterocycles. The molecule has 10 nitrogen and oxygen atoms in total. The highest BCUT2D eigenvalue weighted by molar-refractivity contribution is 7.50. The van der Waals surface area contributed by atoms with E-state index in [0.29, 0.717) is 5.69 Å². The molecule has 0 bridgehead atoms. The van der Waals surface area contributed by atoms with Gasteiger partial charge in [0, 0.05) is 6.54 Å². The molecule has 2 aromatic rings. The van der Waals surface area contributed by atoms with Crippen LogP contribution in [0.4, 0.5) is 5.95 Å². The van der Waals surface area contributed by atoms with E-state index in [-0.39, 0.29) is 6.54 Å². The van der Waals surface area contributed by atoms with Crippen molar-refractivity contribution in [3.63, 3.8) is 0 Å². The molecule has 0 saturated heterocycles. The predicted molar refractivity (Wildman–Crippen MR) is 83.8 cm³/mol. The second-order valence-corrected chi connectivity index (χ2v) is 6.43. The zero-order valence-electron chi connectivity index (χ0n) is 12.8. The Balaban J connectivity index is 1.77. The lowest BCUT2D eigenvalue weighted by atomic mass is 10.2. The minimum absolute atomic E-state index is 0.164. The Morgan fingerprint density at radius 1 is 1.46 bits per heavy atom. The second-order valence-electron chi connectivity index (χ2n) is 4.82. The Morgan fingerprint density at radius 3 is 2.79 bits per heavy atom. The molecule has 2 rings (SSSR count). The third kappa shape index (κ3) is 5.52. The number of hydrogen-bond acceptors (Lipinski definition) is 6. The van der Waals surface area contributed by atoms with Gasteiger partial charge in [-0.15, -0.1) is 0 Å². The molecule has 0 spiro atoms. The summed E-state index contributed by atoms with van der Waals surface area (Å²) >= 11 is 0. The van der Waals surface area contributed by atoms with Gasteiger partial charge in [-0.25, -0.2) is 14.6 Å². The van der Waals surface area contributed by atoms with E-state index in [1.54, 1.807) is 19.1 Å². The monoisotopic (exact) mass is 356 g/mol. The van der Waals surface area contributed by atoms with Gasteiger partial charge in [0.05, 0.1) is 0 Å². The minimum atomic E-state index is -4.03. The minimum Gasteiger partial charge on any atom is -0.390 e. The van der Waals surface area contributed by atoms with Crippen molar-refractivity contribution in [1.29, 1.82) is 0 Å². The number of ether oxygens (including phenoxy) is 1. The molecule has 1 aromatic heterocycles. The molecule has 130 valence electrons. The number of H-pyrrole nitrogens is 1. The summed E-state index contributed by atoms with van der Waals surface area (Å²) in [6.45, 7) is 1.29. The van der Waals surface area contributed by atoms with Gasteiger partial charge in [0.2, 0.25) is 0 Å². The maximum absolute atomic E-state index is 11.8. The SMILES string of the molecule is CC(OCOP(=O)(O)NCc1ccccc1)c1cnc([N+](=O)[O-])[nH]1. The van der Waals surface area contributed by atoms with Gasteiger partial charge in [0.1, 0.15) is 18.0 Å². The van der Waals surface area contributed by atoms with Gasteiger partial charge in [0.25, 0.3) is 0 Å². The van der Waals surface area contributed by atoms with Gasteiger partial charge in [0.15, 0.2) is 6.79 Å².